The molecule has 0 amide bonds. The first-order valence-corrected chi connectivity index (χ1v) is 9.96. The van der Waals surface area contributed by atoms with Gasteiger partial charge in [0.05, 0.1) is 29.6 Å². The standard InChI is InChI=1S/C25H21F3N4O2/c1-16(18-4-7-20(8-5-18)25(26,27)28)31-14-22(30)19-6-10-23(24(11-19)33-2)34-15-21-9-3-17(12-29)13-32-21/h3-11,13-14,31H,1,15,30H2,2H3/b22-14-. The molecule has 0 spiro atoms. The summed E-state index contributed by atoms with van der Waals surface area (Å²) >= 11 is 0. The van der Waals surface area contributed by atoms with Crippen molar-refractivity contribution in [3.63, 3.8) is 0 Å². The summed E-state index contributed by atoms with van der Waals surface area (Å²) in [6.45, 7) is 4.02. The van der Waals surface area contributed by atoms with Crippen LogP contribution in [0.2, 0.25) is 0 Å². The topological polar surface area (TPSA) is 93.2 Å². The monoisotopic (exact) mass is 466 g/mol. The van der Waals surface area contributed by atoms with Gasteiger partial charge in [-0.15, -0.1) is 0 Å². The number of nitrogens with one attached hydrogen (secondary N) is 1. The van der Waals surface area contributed by atoms with E-state index in [0.717, 1.165) is 12.1 Å². The van der Waals surface area contributed by atoms with E-state index in [1.54, 1.807) is 30.3 Å². The predicted molar refractivity (Wildman–Crippen MR) is 122 cm³/mol. The van der Waals surface area contributed by atoms with Gasteiger partial charge in [0.1, 0.15) is 12.7 Å². The Morgan fingerprint density at radius 3 is 2.41 bits per heavy atom. The third-order valence-corrected chi connectivity index (χ3v) is 4.79. The maximum absolute atomic E-state index is 12.7. The molecule has 3 aromatic rings. The van der Waals surface area contributed by atoms with Crippen molar-refractivity contribution in [1.82, 2.24) is 10.3 Å². The second-order valence-corrected chi connectivity index (χ2v) is 7.10. The number of halogens is 3. The van der Waals surface area contributed by atoms with E-state index in [0.29, 0.717) is 45.3 Å². The van der Waals surface area contributed by atoms with Gasteiger partial charge in [0, 0.05) is 23.7 Å². The smallest absolute Gasteiger partial charge is 0.416 e. The number of nitrogens with two attached hydrogens (primary N) is 1. The molecule has 34 heavy (non-hydrogen) atoms. The average Bonchev–Trinajstić information content (AvgIpc) is 2.85. The zero-order chi connectivity index (χ0) is 24.7. The summed E-state index contributed by atoms with van der Waals surface area (Å²) in [7, 11) is 1.50. The molecule has 0 saturated heterocycles. The molecule has 0 aliphatic heterocycles. The van der Waals surface area contributed by atoms with Crippen molar-refractivity contribution in [3.05, 3.63) is 102 Å². The molecule has 9 heteroatoms. The Hall–Kier alpha value is -4.45. The van der Waals surface area contributed by atoms with Crippen molar-refractivity contribution in [2.45, 2.75) is 12.8 Å². The summed E-state index contributed by atoms with van der Waals surface area (Å²) in [6.07, 6.45) is -1.43. The molecule has 1 heterocycles. The van der Waals surface area contributed by atoms with E-state index in [2.05, 4.69) is 16.9 Å². The molecule has 6 nitrogen and oxygen atoms in total. The fourth-order valence-corrected chi connectivity index (χ4v) is 2.89. The fraction of sp³-hybridized carbons (Fsp3) is 0.120. The highest BCUT2D eigenvalue weighted by Gasteiger charge is 2.29. The Kier molecular flexibility index (Phi) is 7.43. The Bertz CT molecular complexity index is 1230. The summed E-state index contributed by atoms with van der Waals surface area (Å²) < 4.78 is 49.3. The largest absolute Gasteiger partial charge is 0.493 e. The quantitative estimate of drug-likeness (QED) is 0.481. The van der Waals surface area contributed by atoms with Crippen LogP contribution in [0.15, 0.2) is 73.6 Å². The SMILES string of the molecule is C=C(N/C=C(\N)c1ccc(OCc2ccc(C#N)cn2)c(OC)c1)c1ccc(C(F)(F)F)cc1. The lowest BCUT2D eigenvalue weighted by molar-refractivity contribution is -0.137. The maximum atomic E-state index is 12.7. The number of nitrogens with zero attached hydrogens (tertiary/aromatic N) is 2. The van der Waals surface area contributed by atoms with E-state index in [4.69, 9.17) is 20.5 Å². The van der Waals surface area contributed by atoms with Gasteiger partial charge >= 0.3 is 6.18 Å². The zero-order valence-electron chi connectivity index (χ0n) is 18.2. The Morgan fingerprint density at radius 1 is 1.12 bits per heavy atom. The number of nitriles is 1. The Morgan fingerprint density at radius 2 is 1.82 bits per heavy atom. The summed E-state index contributed by atoms with van der Waals surface area (Å²) in [5.74, 6) is 0.927. The van der Waals surface area contributed by atoms with Crippen LogP contribution in [0.25, 0.3) is 11.4 Å². The van der Waals surface area contributed by atoms with Gasteiger partial charge < -0.3 is 20.5 Å². The molecule has 3 rings (SSSR count). The fourth-order valence-electron chi connectivity index (χ4n) is 2.89. The van der Waals surface area contributed by atoms with Crippen molar-refractivity contribution < 1.29 is 22.6 Å². The van der Waals surface area contributed by atoms with Crippen LogP contribution in [-0.2, 0) is 12.8 Å². The van der Waals surface area contributed by atoms with Crippen LogP contribution in [0.4, 0.5) is 13.2 Å². The molecule has 0 unspecified atom stereocenters. The molecule has 174 valence electrons. The van der Waals surface area contributed by atoms with E-state index < -0.39 is 11.7 Å². The summed E-state index contributed by atoms with van der Waals surface area (Å²) in [6, 6.07) is 15.1. The Labute approximate surface area is 194 Å². The highest BCUT2D eigenvalue weighted by molar-refractivity contribution is 5.69. The normalized spacial score (nSPS) is 11.4. The minimum atomic E-state index is -4.40. The van der Waals surface area contributed by atoms with Gasteiger partial charge in [-0.25, -0.2) is 0 Å². The lowest BCUT2D eigenvalue weighted by atomic mass is 10.1. The zero-order valence-corrected chi connectivity index (χ0v) is 18.2. The average molecular weight is 466 g/mol. The number of pyridine rings is 1. The number of methoxy groups -OCH3 is 1. The van der Waals surface area contributed by atoms with E-state index in [-0.39, 0.29) is 6.61 Å². The molecule has 3 N–H and O–H groups in total. The molecule has 2 aromatic carbocycles. The Balaban J connectivity index is 1.66. The van der Waals surface area contributed by atoms with Crippen molar-refractivity contribution in [3.8, 4) is 17.6 Å². The van der Waals surface area contributed by atoms with E-state index in [1.807, 2.05) is 6.07 Å². The third-order valence-electron chi connectivity index (χ3n) is 4.79. The van der Waals surface area contributed by atoms with E-state index >= 15 is 0 Å². The van der Waals surface area contributed by atoms with Crippen LogP contribution in [0, 0.1) is 11.3 Å². The summed E-state index contributed by atoms with van der Waals surface area (Å²) in [5.41, 5.74) is 8.39. The van der Waals surface area contributed by atoms with Crippen LogP contribution < -0.4 is 20.5 Å². The molecular formula is C25H21F3N4O2. The maximum Gasteiger partial charge on any atom is 0.416 e. The molecule has 0 fully saturated rings. The van der Waals surface area contributed by atoms with Crippen molar-refractivity contribution in [2.75, 3.05) is 7.11 Å². The first-order chi connectivity index (χ1) is 16.2. The third kappa shape index (κ3) is 6.07. The van der Waals surface area contributed by atoms with Gasteiger partial charge in [0.25, 0.3) is 0 Å². The van der Waals surface area contributed by atoms with Crippen molar-refractivity contribution in [1.29, 1.82) is 5.26 Å². The molecule has 1 aromatic heterocycles. The van der Waals surface area contributed by atoms with Gasteiger partial charge in [0.2, 0.25) is 0 Å². The van der Waals surface area contributed by atoms with Crippen molar-refractivity contribution in [2.24, 2.45) is 5.73 Å². The number of benzene rings is 2. The number of alkyl halides is 3. The number of aromatic nitrogens is 1. The molecule has 0 bridgehead atoms. The second kappa shape index (κ2) is 10.4. The van der Waals surface area contributed by atoms with Gasteiger partial charge in [-0.3, -0.25) is 4.98 Å². The number of hydrogen-bond donors (Lipinski definition) is 2. The number of ether oxygens (including phenoxy) is 2. The summed E-state index contributed by atoms with van der Waals surface area (Å²) in [4.78, 5) is 4.16. The number of hydrogen-bond acceptors (Lipinski definition) is 6. The minimum absolute atomic E-state index is 0.182. The molecule has 0 aliphatic carbocycles. The van der Waals surface area contributed by atoms with Crippen LogP contribution >= 0.6 is 0 Å². The second-order valence-electron chi connectivity index (χ2n) is 7.10. The summed E-state index contributed by atoms with van der Waals surface area (Å²) in [5, 5.41) is 11.7. The van der Waals surface area contributed by atoms with Crippen molar-refractivity contribution >= 4 is 11.4 Å². The highest BCUT2D eigenvalue weighted by atomic mass is 19.4. The molecule has 0 saturated carbocycles. The van der Waals surface area contributed by atoms with Crippen LogP contribution in [0.1, 0.15) is 27.9 Å². The first-order valence-electron chi connectivity index (χ1n) is 9.96. The minimum Gasteiger partial charge on any atom is -0.493 e. The molecular weight excluding hydrogens is 445 g/mol. The van der Waals surface area contributed by atoms with Gasteiger partial charge in [-0.1, -0.05) is 18.7 Å². The van der Waals surface area contributed by atoms with Gasteiger partial charge in [-0.05, 0) is 48.0 Å². The lowest BCUT2D eigenvalue weighted by Gasteiger charge is -2.13. The molecule has 0 radical (unpaired) electrons. The van der Waals surface area contributed by atoms with E-state index in [9.17, 15) is 13.2 Å². The van der Waals surface area contributed by atoms with Gasteiger partial charge in [-0.2, -0.15) is 18.4 Å². The molecule has 0 atom stereocenters. The lowest BCUT2D eigenvalue weighted by Crippen LogP contribution is -2.09. The van der Waals surface area contributed by atoms with Crippen LogP contribution in [0.3, 0.4) is 0 Å². The highest BCUT2D eigenvalue weighted by Crippen LogP contribution is 2.31. The van der Waals surface area contributed by atoms with Crippen LogP contribution in [-0.4, -0.2) is 12.1 Å². The van der Waals surface area contributed by atoms with Gasteiger partial charge in [0.15, 0.2) is 11.5 Å². The first kappa shape index (κ1) is 24.2. The predicted octanol–water partition coefficient (Wildman–Crippen LogP) is 5.08. The number of rotatable bonds is 8. The van der Waals surface area contributed by atoms with E-state index in [1.165, 1.54) is 31.6 Å². The van der Waals surface area contributed by atoms with Crippen LogP contribution in [0.5, 0.6) is 11.5 Å². The molecule has 0 aliphatic rings.